The van der Waals surface area contributed by atoms with Crippen molar-refractivity contribution in [1.82, 2.24) is 19.0 Å². The van der Waals surface area contributed by atoms with Crippen LogP contribution in [0.5, 0.6) is 0 Å². The summed E-state index contributed by atoms with van der Waals surface area (Å²) in [6, 6.07) is -0.179. The lowest BCUT2D eigenvalue weighted by atomic mass is 10.2. The van der Waals surface area contributed by atoms with Gasteiger partial charge in [0, 0.05) is 20.1 Å². The monoisotopic (exact) mass is 302 g/mol. The largest absolute Gasteiger partial charge is 0.390 e. The molecule has 1 aromatic heterocycles. The molecule has 1 saturated heterocycles. The lowest BCUT2D eigenvalue weighted by Crippen LogP contribution is -2.38. The summed E-state index contributed by atoms with van der Waals surface area (Å²) in [6.45, 7) is 3.85. The van der Waals surface area contributed by atoms with E-state index in [4.69, 9.17) is 0 Å². The molecule has 0 saturated carbocycles. The number of sulfonamides is 1. The highest BCUT2D eigenvalue weighted by atomic mass is 32.2. The van der Waals surface area contributed by atoms with Crippen molar-refractivity contribution in [2.75, 3.05) is 27.2 Å². The van der Waals surface area contributed by atoms with Gasteiger partial charge in [0.05, 0.1) is 23.5 Å². The minimum atomic E-state index is -3.62. The first-order valence-corrected chi connectivity index (χ1v) is 7.95. The highest BCUT2D eigenvalue weighted by Crippen LogP contribution is 2.27. The fraction of sp³-hybridized carbons (Fsp3) is 0.750. The number of aromatic nitrogens is 2. The van der Waals surface area contributed by atoms with Crippen LogP contribution in [0.4, 0.5) is 0 Å². The molecule has 2 rings (SSSR count). The average Bonchev–Trinajstić information content (AvgIpc) is 2.81. The maximum atomic E-state index is 12.7. The molecule has 0 unspecified atom stereocenters. The molecule has 1 fully saturated rings. The van der Waals surface area contributed by atoms with Crippen LogP contribution in [-0.2, 0) is 17.1 Å². The third kappa shape index (κ3) is 2.37. The zero-order valence-electron chi connectivity index (χ0n) is 12.5. The number of likely N-dealkylation sites (N-methyl/N-ethyl adjacent to an activating group) is 1. The van der Waals surface area contributed by atoms with Gasteiger partial charge < -0.3 is 10.0 Å². The normalized spacial score (nSPS) is 24.8. The molecule has 2 heterocycles. The van der Waals surface area contributed by atoms with Crippen molar-refractivity contribution in [2.24, 2.45) is 7.05 Å². The Morgan fingerprint density at radius 3 is 2.30 bits per heavy atom. The molecule has 20 heavy (non-hydrogen) atoms. The first kappa shape index (κ1) is 15.4. The molecule has 0 spiro atoms. The van der Waals surface area contributed by atoms with E-state index in [0.29, 0.717) is 17.9 Å². The van der Waals surface area contributed by atoms with Gasteiger partial charge in [-0.05, 0) is 27.9 Å². The van der Waals surface area contributed by atoms with Crippen LogP contribution in [0, 0.1) is 13.8 Å². The fourth-order valence-electron chi connectivity index (χ4n) is 2.70. The Kier molecular flexibility index (Phi) is 3.94. The Balaban J connectivity index is 2.38. The van der Waals surface area contributed by atoms with Gasteiger partial charge >= 0.3 is 0 Å². The molecule has 1 N–H and O–H groups in total. The van der Waals surface area contributed by atoms with E-state index in [1.165, 1.54) is 4.31 Å². The number of β-amino-alcohol motifs (C(OH)–C–C–N with tert-alkyl or cyclic N) is 1. The lowest BCUT2D eigenvalue weighted by Gasteiger charge is -2.21. The van der Waals surface area contributed by atoms with Crippen molar-refractivity contribution in [3.8, 4) is 0 Å². The Bertz CT molecular complexity index is 608. The number of aliphatic hydroxyl groups excluding tert-OH is 1. The summed E-state index contributed by atoms with van der Waals surface area (Å²) >= 11 is 0. The second kappa shape index (κ2) is 5.10. The first-order valence-electron chi connectivity index (χ1n) is 6.51. The molecule has 7 nitrogen and oxygen atoms in total. The van der Waals surface area contributed by atoms with Gasteiger partial charge in [0.15, 0.2) is 0 Å². The van der Waals surface area contributed by atoms with Gasteiger partial charge in [0.25, 0.3) is 0 Å². The molecule has 1 aliphatic rings. The van der Waals surface area contributed by atoms with Crippen LogP contribution in [0.3, 0.4) is 0 Å². The quantitative estimate of drug-likeness (QED) is 0.801. The van der Waals surface area contributed by atoms with Crippen LogP contribution >= 0.6 is 0 Å². The number of hydrogen-bond acceptors (Lipinski definition) is 5. The van der Waals surface area contributed by atoms with E-state index in [1.54, 1.807) is 25.6 Å². The Morgan fingerprint density at radius 2 is 1.90 bits per heavy atom. The highest BCUT2D eigenvalue weighted by Gasteiger charge is 2.41. The van der Waals surface area contributed by atoms with Gasteiger partial charge in [0.1, 0.15) is 4.90 Å². The Labute approximate surface area is 119 Å². The molecule has 1 aliphatic heterocycles. The molecule has 2 atom stereocenters. The van der Waals surface area contributed by atoms with Crippen molar-refractivity contribution in [2.45, 2.75) is 30.9 Å². The summed E-state index contributed by atoms with van der Waals surface area (Å²) in [4.78, 5) is 2.11. The second-order valence-electron chi connectivity index (χ2n) is 5.54. The zero-order chi connectivity index (χ0) is 15.2. The van der Waals surface area contributed by atoms with Crippen molar-refractivity contribution in [1.29, 1.82) is 0 Å². The van der Waals surface area contributed by atoms with Crippen molar-refractivity contribution < 1.29 is 13.5 Å². The predicted molar refractivity (Wildman–Crippen MR) is 74.9 cm³/mol. The van der Waals surface area contributed by atoms with Gasteiger partial charge in [-0.1, -0.05) is 0 Å². The molecule has 8 heteroatoms. The number of aliphatic hydroxyl groups is 1. The van der Waals surface area contributed by atoms with E-state index in [-0.39, 0.29) is 17.5 Å². The van der Waals surface area contributed by atoms with Gasteiger partial charge in [-0.2, -0.15) is 9.40 Å². The van der Waals surface area contributed by atoms with Crippen molar-refractivity contribution in [3.63, 3.8) is 0 Å². The van der Waals surface area contributed by atoms with Gasteiger partial charge in [-0.3, -0.25) is 4.68 Å². The fourth-order valence-corrected chi connectivity index (χ4v) is 4.57. The maximum absolute atomic E-state index is 12.7. The number of rotatable bonds is 3. The summed E-state index contributed by atoms with van der Waals surface area (Å²) in [5.74, 6) is 0. The molecule has 1 aromatic rings. The summed E-state index contributed by atoms with van der Waals surface area (Å²) in [6.07, 6.45) is -0.669. The molecular weight excluding hydrogens is 280 g/mol. The van der Waals surface area contributed by atoms with Crippen LogP contribution in [0.15, 0.2) is 4.90 Å². The standard InChI is InChI=1S/C12H22N4O3S/c1-8-12(9(2)15(5)13-8)20(18,19)16-6-10(14(3)4)11(17)7-16/h10-11,17H,6-7H2,1-5H3/t10-,11-/m0/s1. The number of hydrogen-bond donors (Lipinski definition) is 1. The minimum absolute atomic E-state index is 0.124. The van der Waals surface area contributed by atoms with E-state index in [2.05, 4.69) is 5.10 Å². The highest BCUT2D eigenvalue weighted by molar-refractivity contribution is 7.89. The molecule has 0 bridgehead atoms. The van der Waals surface area contributed by atoms with Gasteiger partial charge in [-0.15, -0.1) is 0 Å². The van der Waals surface area contributed by atoms with Crippen LogP contribution in [0.25, 0.3) is 0 Å². The van der Waals surface area contributed by atoms with Crippen LogP contribution in [0.1, 0.15) is 11.4 Å². The van der Waals surface area contributed by atoms with Crippen molar-refractivity contribution >= 4 is 10.0 Å². The van der Waals surface area contributed by atoms with E-state index < -0.39 is 16.1 Å². The molecular formula is C12H22N4O3S. The van der Waals surface area contributed by atoms with E-state index in [1.807, 2.05) is 19.0 Å². The lowest BCUT2D eigenvalue weighted by molar-refractivity contribution is 0.113. The summed E-state index contributed by atoms with van der Waals surface area (Å²) in [5, 5.41) is 14.2. The minimum Gasteiger partial charge on any atom is -0.390 e. The third-order valence-electron chi connectivity index (χ3n) is 3.93. The smallest absolute Gasteiger partial charge is 0.246 e. The third-order valence-corrected chi connectivity index (χ3v) is 6.01. The Morgan fingerprint density at radius 1 is 1.30 bits per heavy atom. The molecule has 0 radical (unpaired) electrons. The topological polar surface area (TPSA) is 78.7 Å². The summed E-state index contributed by atoms with van der Waals surface area (Å²) in [5.41, 5.74) is 1.11. The van der Waals surface area contributed by atoms with E-state index in [9.17, 15) is 13.5 Å². The Hall–Kier alpha value is -0.960. The average molecular weight is 302 g/mol. The molecule has 0 aliphatic carbocycles. The molecule has 114 valence electrons. The van der Waals surface area contributed by atoms with Gasteiger partial charge in [-0.25, -0.2) is 8.42 Å². The molecule has 0 aromatic carbocycles. The summed E-state index contributed by atoms with van der Waals surface area (Å²) in [7, 11) is 1.79. The van der Waals surface area contributed by atoms with E-state index in [0.717, 1.165) is 0 Å². The number of nitrogens with zero attached hydrogens (tertiary/aromatic N) is 4. The predicted octanol–water partition coefficient (Wildman–Crippen LogP) is -0.668. The first-order chi connectivity index (χ1) is 9.16. The summed E-state index contributed by atoms with van der Waals surface area (Å²) < 4.78 is 28.4. The van der Waals surface area contributed by atoms with Crippen LogP contribution in [-0.4, -0.2) is 71.8 Å². The maximum Gasteiger partial charge on any atom is 0.246 e. The second-order valence-corrected chi connectivity index (χ2v) is 7.42. The SMILES string of the molecule is Cc1nn(C)c(C)c1S(=O)(=O)N1C[C@H](O)[C@@H](N(C)C)C1. The number of aryl methyl sites for hydroxylation is 2. The zero-order valence-corrected chi connectivity index (χ0v) is 13.3. The van der Waals surface area contributed by atoms with Crippen LogP contribution in [0.2, 0.25) is 0 Å². The van der Waals surface area contributed by atoms with E-state index >= 15 is 0 Å². The van der Waals surface area contributed by atoms with Gasteiger partial charge in [0.2, 0.25) is 10.0 Å². The van der Waals surface area contributed by atoms with Crippen molar-refractivity contribution in [3.05, 3.63) is 11.4 Å². The molecule has 0 amide bonds. The van der Waals surface area contributed by atoms with Crippen LogP contribution < -0.4 is 0 Å².